The SMILES string of the molecule is COC(=O)C[C@@H](O)C[C@@H](O)[C@H](O)[C@@H](O)C/C=C/C=C/C=O. The standard InChI is InChI=1S/C14H22O7/c1-21-13(19)9-10(16)8-12(18)14(20)11(17)6-4-2-3-5-7-15/h2-5,7,10-12,14,16-18,20H,6,8-9H2,1H3/b4-2+,5-3+/t10-,11-,12+,14+/m0/s1. The first-order valence-electron chi connectivity index (χ1n) is 6.48. The maximum atomic E-state index is 10.9. The second kappa shape index (κ2) is 11.2. The minimum Gasteiger partial charge on any atom is -0.469 e. The highest BCUT2D eigenvalue weighted by molar-refractivity contribution is 5.69. The van der Waals surface area contributed by atoms with E-state index in [2.05, 4.69) is 4.74 Å². The molecule has 7 heteroatoms. The molecule has 0 fully saturated rings. The third kappa shape index (κ3) is 9.09. The van der Waals surface area contributed by atoms with Gasteiger partial charge in [-0.15, -0.1) is 0 Å². The number of hydrogen-bond acceptors (Lipinski definition) is 7. The molecule has 0 aromatic heterocycles. The van der Waals surface area contributed by atoms with Crippen molar-refractivity contribution in [2.45, 2.75) is 43.7 Å². The third-order valence-electron chi connectivity index (χ3n) is 2.75. The zero-order valence-corrected chi connectivity index (χ0v) is 11.8. The molecule has 0 amide bonds. The molecule has 120 valence electrons. The number of allylic oxidation sites excluding steroid dienone is 3. The Morgan fingerprint density at radius 2 is 1.76 bits per heavy atom. The maximum absolute atomic E-state index is 10.9. The monoisotopic (exact) mass is 302 g/mol. The quantitative estimate of drug-likeness (QED) is 0.178. The molecule has 0 bridgehead atoms. The fourth-order valence-electron chi connectivity index (χ4n) is 1.58. The Labute approximate surface area is 123 Å². The van der Waals surface area contributed by atoms with Crippen molar-refractivity contribution in [3.63, 3.8) is 0 Å². The van der Waals surface area contributed by atoms with Crippen LogP contribution in [0.15, 0.2) is 24.3 Å². The molecule has 0 aromatic carbocycles. The molecule has 7 nitrogen and oxygen atoms in total. The number of aliphatic hydroxyl groups excluding tert-OH is 4. The molecule has 0 radical (unpaired) electrons. The molecule has 0 aliphatic carbocycles. The zero-order valence-electron chi connectivity index (χ0n) is 11.8. The van der Waals surface area contributed by atoms with Gasteiger partial charge in [0.2, 0.25) is 0 Å². The molecule has 21 heavy (non-hydrogen) atoms. The lowest BCUT2D eigenvalue weighted by Gasteiger charge is -2.23. The Bertz CT molecular complexity index is 364. The summed E-state index contributed by atoms with van der Waals surface area (Å²) in [6, 6.07) is 0. The van der Waals surface area contributed by atoms with Crippen LogP contribution >= 0.6 is 0 Å². The van der Waals surface area contributed by atoms with E-state index in [4.69, 9.17) is 0 Å². The summed E-state index contributed by atoms with van der Waals surface area (Å²) in [6.45, 7) is 0. The number of aldehydes is 1. The van der Waals surface area contributed by atoms with Gasteiger partial charge in [0.1, 0.15) is 12.4 Å². The highest BCUT2D eigenvalue weighted by Gasteiger charge is 2.26. The van der Waals surface area contributed by atoms with Crippen LogP contribution in [-0.2, 0) is 14.3 Å². The zero-order chi connectivity index (χ0) is 16.3. The van der Waals surface area contributed by atoms with Crippen LogP contribution in [0, 0.1) is 0 Å². The summed E-state index contributed by atoms with van der Waals surface area (Å²) < 4.78 is 4.36. The van der Waals surface area contributed by atoms with E-state index in [1.54, 1.807) is 0 Å². The molecule has 0 heterocycles. The average molecular weight is 302 g/mol. The number of carbonyl (C=O) groups excluding carboxylic acids is 2. The van der Waals surface area contributed by atoms with Gasteiger partial charge < -0.3 is 25.2 Å². The Balaban J connectivity index is 4.19. The molecule has 4 N–H and O–H groups in total. The molecule has 0 aliphatic heterocycles. The van der Waals surface area contributed by atoms with Gasteiger partial charge in [-0.3, -0.25) is 9.59 Å². The minimum atomic E-state index is -1.46. The lowest BCUT2D eigenvalue weighted by molar-refractivity contribution is -0.143. The van der Waals surface area contributed by atoms with Gasteiger partial charge >= 0.3 is 5.97 Å². The van der Waals surface area contributed by atoms with Gasteiger partial charge in [0.05, 0.1) is 31.8 Å². The molecule has 0 aliphatic rings. The Morgan fingerprint density at radius 1 is 1.10 bits per heavy atom. The summed E-state index contributed by atoms with van der Waals surface area (Å²) in [5.74, 6) is -0.630. The molecule has 0 spiro atoms. The minimum absolute atomic E-state index is 0.0640. The second-order valence-corrected chi connectivity index (χ2v) is 4.48. The van der Waals surface area contributed by atoms with Gasteiger partial charge in [-0.05, 0) is 12.5 Å². The third-order valence-corrected chi connectivity index (χ3v) is 2.75. The van der Waals surface area contributed by atoms with E-state index in [1.807, 2.05) is 0 Å². The second-order valence-electron chi connectivity index (χ2n) is 4.48. The predicted octanol–water partition coefficient (Wildman–Crippen LogP) is -0.915. The van der Waals surface area contributed by atoms with Crippen molar-refractivity contribution in [1.29, 1.82) is 0 Å². The van der Waals surface area contributed by atoms with Crippen molar-refractivity contribution in [3.05, 3.63) is 24.3 Å². The first-order valence-corrected chi connectivity index (χ1v) is 6.48. The van der Waals surface area contributed by atoms with Crippen LogP contribution in [0.25, 0.3) is 0 Å². The summed E-state index contributed by atoms with van der Waals surface area (Å²) >= 11 is 0. The van der Waals surface area contributed by atoms with Crippen LogP contribution in [-0.4, -0.2) is 64.2 Å². The fourth-order valence-corrected chi connectivity index (χ4v) is 1.58. The Hall–Kier alpha value is -1.54. The van der Waals surface area contributed by atoms with E-state index in [-0.39, 0.29) is 19.3 Å². The molecule has 0 unspecified atom stereocenters. The largest absolute Gasteiger partial charge is 0.469 e. The van der Waals surface area contributed by atoms with Crippen molar-refractivity contribution in [2.75, 3.05) is 7.11 Å². The van der Waals surface area contributed by atoms with Gasteiger partial charge in [-0.2, -0.15) is 0 Å². The van der Waals surface area contributed by atoms with Crippen molar-refractivity contribution < 1.29 is 34.8 Å². The molecule has 0 rings (SSSR count). The van der Waals surface area contributed by atoms with Gasteiger partial charge in [-0.25, -0.2) is 0 Å². The first kappa shape index (κ1) is 19.5. The van der Waals surface area contributed by atoms with E-state index in [0.29, 0.717) is 6.29 Å². The number of carbonyl (C=O) groups is 2. The molecule has 4 atom stereocenters. The van der Waals surface area contributed by atoms with E-state index in [1.165, 1.54) is 31.4 Å². The molecule has 0 saturated carbocycles. The topological polar surface area (TPSA) is 124 Å². The Morgan fingerprint density at radius 3 is 2.33 bits per heavy atom. The summed E-state index contributed by atoms with van der Waals surface area (Å²) in [5.41, 5.74) is 0. The number of ether oxygens (including phenoxy) is 1. The van der Waals surface area contributed by atoms with E-state index in [9.17, 15) is 30.0 Å². The highest BCUT2D eigenvalue weighted by atomic mass is 16.5. The normalized spacial score (nSPS) is 17.6. The molecular formula is C14H22O7. The average Bonchev–Trinajstić information content (AvgIpc) is 2.45. The number of aliphatic hydroxyl groups is 4. The van der Waals surface area contributed by atoms with Crippen LogP contribution < -0.4 is 0 Å². The van der Waals surface area contributed by atoms with Crippen molar-refractivity contribution >= 4 is 12.3 Å². The van der Waals surface area contributed by atoms with Crippen LogP contribution in [0.5, 0.6) is 0 Å². The lowest BCUT2D eigenvalue weighted by atomic mass is 9.99. The lowest BCUT2D eigenvalue weighted by Crippen LogP contribution is -2.39. The van der Waals surface area contributed by atoms with Crippen LogP contribution in [0.4, 0.5) is 0 Å². The van der Waals surface area contributed by atoms with Crippen molar-refractivity contribution in [1.82, 2.24) is 0 Å². The first-order chi connectivity index (χ1) is 9.92. The predicted molar refractivity (Wildman–Crippen MR) is 74.2 cm³/mol. The van der Waals surface area contributed by atoms with Crippen molar-refractivity contribution in [2.24, 2.45) is 0 Å². The van der Waals surface area contributed by atoms with Crippen LogP contribution in [0.3, 0.4) is 0 Å². The molecule has 0 aromatic rings. The number of rotatable bonds is 10. The van der Waals surface area contributed by atoms with Crippen LogP contribution in [0.2, 0.25) is 0 Å². The van der Waals surface area contributed by atoms with E-state index in [0.717, 1.165) is 0 Å². The van der Waals surface area contributed by atoms with Crippen LogP contribution in [0.1, 0.15) is 19.3 Å². The summed E-state index contributed by atoms with van der Waals surface area (Å²) in [6.07, 6.45) is 0.627. The Kier molecular flexibility index (Phi) is 10.3. The van der Waals surface area contributed by atoms with Gasteiger partial charge in [-0.1, -0.05) is 18.2 Å². The number of hydrogen-bond donors (Lipinski definition) is 4. The maximum Gasteiger partial charge on any atom is 0.308 e. The smallest absolute Gasteiger partial charge is 0.308 e. The van der Waals surface area contributed by atoms with Gasteiger partial charge in [0, 0.05) is 6.42 Å². The van der Waals surface area contributed by atoms with Gasteiger partial charge in [0.25, 0.3) is 0 Å². The van der Waals surface area contributed by atoms with E-state index < -0.39 is 30.4 Å². The molecular weight excluding hydrogens is 280 g/mol. The van der Waals surface area contributed by atoms with Gasteiger partial charge in [0.15, 0.2) is 0 Å². The highest BCUT2D eigenvalue weighted by Crippen LogP contribution is 2.12. The summed E-state index contributed by atoms with van der Waals surface area (Å²) in [4.78, 5) is 20.9. The summed E-state index contributed by atoms with van der Waals surface area (Å²) in [5, 5.41) is 38.5. The fraction of sp³-hybridized carbons (Fsp3) is 0.571. The summed E-state index contributed by atoms with van der Waals surface area (Å²) in [7, 11) is 1.18. The number of methoxy groups -OCH3 is 1. The molecule has 0 saturated heterocycles. The van der Waals surface area contributed by atoms with E-state index >= 15 is 0 Å². The van der Waals surface area contributed by atoms with Crippen molar-refractivity contribution in [3.8, 4) is 0 Å². The number of esters is 1.